The molecule has 0 fully saturated rings. The fraction of sp³-hybridized carbons (Fsp3) is 0.500. The van der Waals surface area contributed by atoms with Crippen LogP contribution >= 0.6 is 0 Å². The number of aliphatic hydroxyl groups excluding tert-OH is 1. The molecule has 1 aromatic rings. The molecule has 0 aliphatic rings. The number of aromatic nitrogens is 1. The van der Waals surface area contributed by atoms with E-state index in [1.165, 1.54) is 6.92 Å². The van der Waals surface area contributed by atoms with Gasteiger partial charge in [-0.15, -0.1) is 0 Å². The summed E-state index contributed by atoms with van der Waals surface area (Å²) < 4.78 is 34.0. The molecule has 0 aliphatic carbocycles. The van der Waals surface area contributed by atoms with Crippen molar-refractivity contribution in [3.05, 3.63) is 30.1 Å². The quantitative estimate of drug-likeness (QED) is 0.468. The van der Waals surface area contributed by atoms with Crippen molar-refractivity contribution < 1.29 is 26.8 Å². The van der Waals surface area contributed by atoms with Crippen LogP contribution in [0.2, 0.25) is 0 Å². The molecule has 1 rings (SSSR count). The van der Waals surface area contributed by atoms with Gasteiger partial charge in [-0.25, -0.2) is 13.0 Å². The molecule has 98 valence electrons. The van der Waals surface area contributed by atoms with Crippen LogP contribution in [0.25, 0.3) is 0 Å². The minimum absolute atomic E-state index is 0.0914. The predicted octanol–water partition coefficient (Wildman–Crippen LogP) is -0.0306. The average molecular weight is 263 g/mol. The zero-order valence-electron chi connectivity index (χ0n) is 9.87. The lowest BCUT2D eigenvalue weighted by Crippen LogP contribution is -2.31. The minimum Gasteiger partial charge on any atom is -0.726 e. The van der Waals surface area contributed by atoms with Gasteiger partial charge in [0.15, 0.2) is 12.4 Å². The molecule has 0 saturated heterocycles. The van der Waals surface area contributed by atoms with Crippen LogP contribution in [-0.4, -0.2) is 24.7 Å². The maximum Gasteiger partial charge on any atom is 0.217 e. The van der Waals surface area contributed by atoms with E-state index in [2.05, 4.69) is 11.1 Å². The van der Waals surface area contributed by atoms with Gasteiger partial charge in [0.2, 0.25) is 10.4 Å². The van der Waals surface area contributed by atoms with Gasteiger partial charge < -0.3 is 9.66 Å². The zero-order chi connectivity index (χ0) is 13.3. The highest BCUT2D eigenvalue weighted by Gasteiger charge is 1.96. The fourth-order valence-corrected chi connectivity index (χ4v) is 1.30. The molecule has 0 unspecified atom stereocenters. The first-order valence-electron chi connectivity index (χ1n) is 5.12. The summed E-state index contributed by atoms with van der Waals surface area (Å²) in [6.45, 7) is 4.48. The van der Waals surface area contributed by atoms with E-state index in [1.54, 1.807) is 0 Å². The number of hydrogen-bond donors (Lipinski definition) is 1. The maximum atomic E-state index is 9.45. The number of nitrogens with zero attached hydrogens (tertiary/aromatic N) is 1. The van der Waals surface area contributed by atoms with Crippen LogP contribution < -0.4 is 4.57 Å². The van der Waals surface area contributed by atoms with Gasteiger partial charge in [-0.1, -0.05) is 0 Å². The molecule has 1 aromatic heterocycles. The number of hydrogen-bond acceptors (Lipinski definition) is 5. The second kappa shape index (κ2) is 8.13. The SMILES string of the molecule is CCOS(=O)(=O)[O-].CC[n+]1cccc(CO)c1. The Kier molecular flexibility index (Phi) is 7.64. The van der Waals surface area contributed by atoms with E-state index < -0.39 is 10.4 Å². The topological polar surface area (TPSA) is 90.5 Å². The first-order valence-corrected chi connectivity index (χ1v) is 6.45. The Bertz CT molecular complexity index is 399. The summed E-state index contributed by atoms with van der Waals surface area (Å²) in [6, 6.07) is 3.85. The lowest BCUT2D eigenvalue weighted by atomic mass is 10.3. The van der Waals surface area contributed by atoms with Crippen LogP contribution in [0.5, 0.6) is 0 Å². The van der Waals surface area contributed by atoms with Gasteiger partial charge in [0.1, 0.15) is 6.54 Å². The highest BCUT2D eigenvalue weighted by molar-refractivity contribution is 7.80. The van der Waals surface area contributed by atoms with Crippen molar-refractivity contribution in [3.63, 3.8) is 0 Å². The number of rotatable bonds is 4. The van der Waals surface area contributed by atoms with Crippen molar-refractivity contribution in [2.24, 2.45) is 0 Å². The molecule has 17 heavy (non-hydrogen) atoms. The number of pyridine rings is 1. The van der Waals surface area contributed by atoms with Gasteiger partial charge in [-0.05, 0) is 19.9 Å². The first-order chi connectivity index (χ1) is 7.92. The van der Waals surface area contributed by atoms with E-state index in [1.807, 2.05) is 29.1 Å². The van der Waals surface area contributed by atoms with Crippen LogP contribution in [0.4, 0.5) is 0 Å². The number of aryl methyl sites for hydroxylation is 1. The smallest absolute Gasteiger partial charge is 0.217 e. The Labute approximate surface area is 101 Å². The maximum absolute atomic E-state index is 9.45. The monoisotopic (exact) mass is 263 g/mol. The third-order valence-electron chi connectivity index (χ3n) is 1.73. The Morgan fingerprint density at radius 2 is 2.12 bits per heavy atom. The molecular formula is C10H17NO5S. The van der Waals surface area contributed by atoms with Gasteiger partial charge in [0, 0.05) is 11.6 Å². The summed E-state index contributed by atoms with van der Waals surface area (Å²) in [4.78, 5) is 0. The third kappa shape index (κ3) is 8.75. The van der Waals surface area contributed by atoms with E-state index >= 15 is 0 Å². The van der Waals surface area contributed by atoms with E-state index in [0.29, 0.717) is 0 Å². The van der Waals surface area contributed by atoms with Gasteiger partial charge in [-0.2, -0.15) is 0 Å². The largest absolute Gasteiger partial charge is 0.726 e. The molecule has 0 radical (unpaired) electrons. The van der Waals surface area contributed by atoms with Gasteiger partial charge in [-0.3, -0.25) is 4.18 Å². The molecule has 0 bridgehead atoms. The Balaban J connectivity index is 0.000000325. The molecule has 0 spiro atoms. The standard InChI is InChI=1S/C8H12NO.C2H6O4S/c1-2-9-5-3-4-8(6-9)7-10;1-2-6-7(3,4)5/h3-6,10H,2,7H2,1H3;2H2,1H3,(H,3,4,5)/q+1;/p-1. The van der Waals surface area contributed by atoms with Crippen LogP contribution in [0.15, 0.2) is 24.5 Å². The van der Waals surface area contributed by atoms with Crippen molar-refractivity contribution >= 4 is 10.4 Å². The van der Waals surface area contributed by atoms with Crippen molar-refractivity contribution in [3.8, 4) is 0 Å². The summed E-state index contributed by atoms with van der Waals surface area (Å²) in [5.41, 5.74) is 0.962. The van der Waals surface area contributed by atoms with Gasteiger partial charge in [0.25, 0.3) is 0 Å². The summed E-state index contributed by atoms with van der Waals surface area (Å²) in [5, 5.41) is 8.74. The molecule has 1 N–H and O–H groups in total. The normalized spacial score (nSPS) is 10.6. The average Bonchev–Trinajstić information content (AvgIpc) is 2.28. The lowest BCUT2D eigenvalue weighted by molar-refractivity contribution is -0.694. The zero-order valence-corrected chi connectivity index (χ0v) is 10.7. The Hall–Kier alpha value is -1.02. The Morgan fingerprint density at radius 3 is 2.47 bits per heavy atom. The molecule has 6 nitrogen and oxygen atoms in total. The van der Waals surface area contributed by atoms with E-state index in [9.17, 15) is 13.0 Å². The van der Waals surface area contributed by atoms with Crippen molar-refractivity contribution in [2.45, 2.75) is 27.0 Å². The lowest BCUT2D eigenvalue weighted by Gasteiger charge is -2.02. The molecule has 0 aliphatic heterocycles. The highest BCUT2D eigenvalue weighted by atomic mass is 32.3. The second-order valence-electron chi connectivity index (χ2n) is 3.02. The molecule has 0 atom stereocenters. The minimum atomic E-state index is -4.42. The molecular weight excluding hydrogens is 246 g/mol. The summed E-state index contributed by atoms with van der Waals surface area (Å²) >= 11 is 0. The summed E-state index contributed by atoms with van der Waals surface area (Å²) in [7, 11) is -4.42. The second-order valence-corrected chi connectivity index (χ2v) is 4.07. The fourth-order valence-electron chi connectivity index (χ4n) is 1.01. The Morgan fingerprint density at radius 1 is 1.47 bits per heavy atom. The van der Waals surface area contributed by atoms with Crippen molar-refractivity contribution in [1.29, 1.82) is 0 Å². The molecule has 0 amide bonds. The molecule has 1 heterocycles. The van der Waals surface area contributed by atoms with E-state index in [-0.39, 0.29) is 13.2 Å². The van der Waals surface area contributed by atoms with E-state index in [4.69, 9.17) is 5.11 Å². The van der Waals surface area contributed by atoms with Gasteiger partial charge in [0.05, 0.1) is 13.2 Å². The van der Waals surface area contributed by atoms with E-state index in [0.717, 1.165) is 12.1 Å². The van der Waals surface area contributed by atoms with Crippen LogP contribution in [-0.2, 0) is 27.7 Å². The number of aliphatic hydroxyl groups is 1. The van der Waals surface area contributed by atoms with Crippen molar-refractivity contribution in [2.75, 3.05) is 6.61 Å². The van der Waals surface area contributed by atoms with Crippen LogP contribution in [0.1, 0.15) is 19.4 Å². The summed E-state index contributed by atoms with van der Waals surface area (Å²) in [6.07, 6.45) is 3.93. The highest BCUT2D eigenvalue weighted by Crippen LogP contribution is 1.91. The predicted molar refractivity (Wildman–Crippen MR) is 59.6 cm³/mol. The van der Waals surface area contributed by atoms with Gasteiger partial charge >= 0.3 is 0 Å². The van der Waals surface area contributed by atoms with Crippen molar-refractivity contribution in [1.82, 2.24) is 0 Å². The molecule has 7 heteroatoms. The first kappa shape index (κ1) is 16.0. The van der Waals surface area contributed by atoms with Crippen LogP contribution in [0, 0.1) is 0 Å². The summed E-state index contributed by atoms with van der Waals surface area (Å²) in [5.74, 6) is 0. The van der Waals surface area contributed by atoms with Crippen LogP contribution in [0.3, 0.4) is 0 Å². The molecule has 0 saturated carbocycles. The third-order valence-corrected chi connectivity index (χ3v) is 2.25. The molecule has 0 aromatic carbocycles.